The number of ketones is 1. The van der Waals surface area contributed by atoms with Gasteiger partial charge in [0.15, 0.2) is 18.0 Å². The third kappa shape index (κ3) is 6.19. The first-order chi connectivity index (χ1) is 8.40. The van der Waals surface area contributed by atoms with Crippen molar-refractivity contribution in [3.05, 3.63) is 0 Å². The summed E-state index contributed by atoms with van der Waals surface area (Å²) in [5.74, 6) is -0.561. The molecule has 4 heteroatoms. The minimum Gasteiger partial charge on any atom is -0.453 e. The average Bonchev–Trinajstić information content (AvgIpc) is 2.25. The molecule has 2 unspecified atom stereocenters. The predicted molar refractivity (Wildman–Crippen MR) is 74.9 cm³/mol. The van der Waals surface area contributed by atoms with Crippen LogP contribution in [0.25, 0.3) is 0 Å². The van der Waals surface area contributed by atoms with Gasteiger partial charge >= 0.3 is 5.97 Å². The minimum atomic E-state index is -0.742. The third-order valence-electron chi connectivity index (χ3n) is 3.08. The van der Waals surface area contributed by atoms with Gasteiger partial charge in [-0.2, -0.15) is 0 Å². The Hall–Kier alpha value is -0.900. The van der Waals surface area contributed by atoms with Crippen LogP contribution in [0.2, 0.25) is 0 Å². The van der Waals surface area contributed by atoms with Gasteiger partial charge in [0, 0.05) is 5.41 Å². The van der Waals surface area contributed by atoms with E-state index in [1.54, 1.807) is 13.8 Å². The first-order valence-electron chi connectivity index (χ1n) is 6.83. The zero-order valence-corrected chi connectivity index (χ0v) is 13.5. The Morgan fingerprint density at radius 2 is 1.47 bits per heavy atom. The van der Waals surface area contributed by atoms with Crippen LogP contribution in [-0.2, 0) is 19.1 Å². The molecule has 0 aliphatic rings. The Balaban J connectivity index is 4.53. The summed E-state index contributed by atoms with van der Waals surface area (Å²) in [6, 6.07) is 0. The summed E-state index contributed by atoms with van der Waals surface area (Å²) in [6.07, 6.45) is -0.713. The van der Waals surface area contributed by atoms with E-state index in [1.165, 1.54) is 0 Å². The molecule has 0 N–H and O–H groups in total. The summed E-state index contributed by atoms with van der Waals surface area (Å²) < 4.78 is 10.7. The van der Waals surface area contributed by atoms with Gasteiger partial charge in [0.2, 0.25) is 0 Å². The maximum Gasteiger partial charge on any atom is 0.335 e. The molecular weight excluding hydrogens is 244 g/mol. The van der Waals surface area contributed by atoms with Crippen LogP contribution < -0.4 is 0 Å². The Labute approximate surface area is 116 Å². The van der Waals surface area contributed by atoms with Crippen LogP contribution in [0.1, 0.15) is 61.8 Å². The highest BCUT2D eigenvalue weighted by Gasteiger charge is 2.33. The lowest BCUT2D eigenvalue weighted by Crippen LogP contribution is -2.39. The summed E-state index contributed by atoms with van der Waals surface area (Å²) in [7, 11) is 0. The van der Waals surface area contributed by atoms with E-state index in [1.807, 2.05) is 41.5 Å². The number of esters is 1. The van der Waals surface area contributed by atoms with Crippen molar-refractivity contribution in [3.63, 3.8) is 0 Å². The second-order valence-electron chi connectivity index (χ2n) is 6.55. The van der Waals surface area contributed by atoms with E-state index in [-0.39, 0.29) is 5.78 Å². The number of carbonyl (C=O) groups excluding carboxylic acids is 2. The fraction of sp³-hybridized carbons (Fsp3) is 0.867. The van der Waals surface area contributed by atoms with E-state index >= 15 is 0 Å². The molecule has 0 heterocycles. The highest BCUT2D eigenvalue weighted by molar-refractivity contribution is 5.90. The molecule has 0 aromatic rings. The summed E-state index contributed by atoms with van der Waals surface area (Å²) in [4.78, 5) is 24.0. The quantitative estimate of drug-likeness (QED) is 0.697. The number of ether oxygens (including phenoxy) is 2. The second-order valence-corrected chi connectivity index (χ2v) is 6.55. The van der Waals surface area contributed by atoms with Crippen LogP contribution in [0, 0.1) is 5.41 Å². The molecule has 0 aromatic carbocycles. The normalized spacial score (nSPS) is 15.8. The van der Waals surface area contributed by atoms with Crippen molar-refractivity contribution in [2.24, 2.45) is 5.41 Å². The monoisotopic (exact) mass is 272 g/mol. The lowest BCUT2D eigenvalue weighted by Gasteiger charge is -2.27. The van der Waals surface area contributed by atoms with Crippen molar-refractivity contribution in [2.75, 3.05) is 0 Å². The molecule has 19 heavy (non-hydrogen) atoms. The highest BCUT2D eigenvalue weighted by Crippen LogP contribution is 2.24. The number of hydrogen-bond acceptors (Lipinski definition) is 4. The van der Waals surface area contributed by atoms with E-state index in [4.69, 9.17) is 9.47 Å². The average molecular weight is 272 g/mol. The second kappa shape index (κ2) is 6.51. The molecule has 2 atom stereocenters. The smallest absolute Gasteiger partial charge is 0.335 e. The molecule has 0 spiro atoms. The van der Waals surface area contributed by atoms with Crippen molar-refractivity contribution >= 4 is 11.8 Å². The van der Waals surface area contributed by atoms with Gasteiger partial charge < -0.3 is 9.47 Å². The molecular formula is C15H28O4. The fourth-order valence-electron chi connectivity index (χ4n) is 1.63. The van der Waals surface area contributed by atoms with E-state index in [2.05, 4.69) is 0 Å². The van der Waals surface area contributed by atoms with Crippen molar-refractivity contribution < 1.29 is 19.1 Å². The summed E-state index contributed by atoms with van der Waals surface area (Å²) >= 11 is 0. The van der Waals surface area contributed by atoms with Crippen LogP contribution in [0.15, 0.2) is 0 Å². The van der Waals surface area contributed by atoms with E-state index in [0.29, 0.717) is 6.42 Å². The topological polar surface area (TPSA) is 52.6 Å². The number of carbonyl (C=O) groups is 2. The Morgan fingerprint density at radius 1 is 1.00 bits per heavy atom. The molecule has 0 bridgehead atoms. The van der Waals surface area contributed by atoms with Crippen LogP contribution >= 0.6 is 0 Å². The van der Waals surface area contributed by atoms with Gasteiger partial charge in [-0.15, -0.1) is 0 Å². The SMILES string of the molecule is CCC(C)(C)C(=O)C(C)OC(=O)C(C)OC(C)(C)C. The first-order valence-corrected chi connectivity index (χ1v) is 6.83. The molecule has 0 amide bonds. The van der Waals surface area contributed by atoms with Gasteiger partial charge in [-0.3, -0.25) is 4.79 Å². The predicted octanol–water partition coefficient (Wildman–Crippen LogP) is 3.13. The van der Waals surface area contributed by atoms with Crippen LogP contribution in [-0.4, -0.2) is 29.6 Å². The maximum absolute atomic E-state index is 12.1. The van der Waals surface area contributed by atoms with Crippen molar-refractivity contribution in [2.45, 2.75) is 79.6 Å². The Kier molecular flexibility index (Phi) is 6.20. The minimum absolute atomic E-state index is 0.0636. The van der Waals surface area contributed by atoms with Gasteiger partial charge in [-0.1, -0.05) is 20.8 Å². The maximum atomic E-state index is 12.1. The lowest BCUT2D eigenvalue weighted by molar-refractivity contribution is -0.173. The lowest BCUT2D eigenvalue weighted by atomic mass is 9.83. The van der Waals surface area contributed by atoms with Crippen molar-refractivity contribution in [1.82, 2.24) is 0 Å². The van der Waals surface area contributed by atoms with Crippen molar-refractivity contribution in [1.29, 1.82) is 0 Å². The zero-order chi connectivity index (χ0) is 15.4. The van der Waals surface area contributed by atoms with Crippen molar-refractivity contribution in [3.8, 4) is 0 Å². The van der Waals surface area contributed by atoms with Gasteiger partial charge in [-0.25, -0.2) is 4.79 Å². The molecule has 0 aliphatic heterocycles. The fourth-order valence-corrected chi connectivity index (χ4v) is 1.63. The van der Waals surface area contributed by atoms with Crippen LogP contribution in [0.3, 0.4) is 0 Å². The molecule has 0 saturated heterocycles. The third-order valence-corrected chi connectivity index (χ3v) is 3.08. The number of rotatable bonds is 6. The summed E-state index contributed by atoms with van der Waals surface area (Å²) in [6.45, 7) is 14.5. The molecule has 112 valence electrons. The van der Waals surface area contributed by atoms with Crippen LogP contribution in [0.5, 0.6) is 0 Å². The van der Waals surface area contributed by atoms with Gasteiger partial charge in [0.05, 0.1) is 5.60 Å². The molecule has 0 saturated carbocycles. The van der Waals surface area contributed by atoms with Gasteiger partial charge in [0.25, 0.3) is 0 Å². The molecule has 0 aromatic heterocycles. The van der Waals surface area contributed by atoms with Gasteiger partial charge in [-0.05, 0) is 41.0 Å². The molecule has 0 rings (SSSR count). The molecule has 0 radical (unpaired) electrons. The largest absolute Gasteiger partial charge is 0.453 e. The van der Waals surface area contributed by atoms with E-state index in [9.17, 15) is 9.59 Å². The zero-order valence-electron chi connectivity index (χ0n) is 13.5. The summed E-state index contributed by atoms with van der Waals surface area (Å²) in [5.41, 5.74) is -0.901. The number of hydrogen-bond donors (Lipinski definition) is 0. The summed E-state index contributed by atoms with van der Waals surface area (Å²) in [5, 5.41) is 0. The molecule has 0 aliphatic carbocycles. The van der Waals surface area contributed by atoms with Gasteiger partial charge in [0.1, 0.15) is 0 Å². The standard InChI is InChI=1S/C15H28O4/c1-9-15(7,8)12(16)10(2)18-13(17)11(3)19-14(4,5)6/h10-11H,9H2,1-8H3. The Bertz CT molecular complexity index is 326. The first kappa shape index (κ1) is 18.1. The molecule has 4 nitrogen and oxygen atoms in total. The van der Waals surface area contributed by atoms with E-state index in [0.717, 1.165) is 0 Å². The van der Waals surface area contributed by atoms with Crippen LogP contribution in [0.4, 0.5) is 0 Å². The number of Topliss-reactive ketones (excluding diaryl/α,β-unsaturated/α-hetero) is 1. The van der Waals surface area contributed by atoms with E-state index < -0.39 is 29.2 Å². The highest BCUT2D eigenvalue weighted by atomic mass is 16.6. The molecule has 0 fully saturated rings. The Morgan fingerprint density at radius 3 is 1.84 bits per heavy atom.